The molecule has 1 heterocycles. The number of carbonyl (C=O) groups is 1. The van der Waals surface area contributed by atoms with Crippen molar-refractivity contribution in [1.29, 1.82) is 0 Å². The molecule has 0 bridgehead atoms. The second kappa shape index (κ2) is 5.56. The molecule has 0 unspecified atom stereocenters. The van der Waals surface area contributed by atoms with Crippen molar-refractivity contribution in [2.75, 3.05) is 5.75 Å². The first-order valence-electron chi connectivity index (χ1n) is 5.05. The van der Waals surface area contributed by atoms with Crippen LogP contribution in [0, 0.1) is 0 Å². The van der Waals surface area contributed by atoms with Crippen molar-refractivity contribution in [1.82, 2.24) is 0 Å². The Morgan fingerprint density at radius 2 is 2.00 bits per heavy atom. The van der Waals surface area contributed by atoms with Gasteiger partial charge >= 0.3 is 0 Å². The fourth-order valence-corrected chi connectivity index (χ4v) is 2.13. The van der Waals surface area contributed by atoms with Crippen LogP contribution in [-0.2, 0) is 11.2 Å². The van der Waals surface area contributed by atoms with E-state index in [9.17, 15) is 4.79 Å². The predicted octanol–water partition coefficient (Wildman–Crippen LogP) is 3.18. The highest BCUT2D eigenvalue weighted by molar-refractivity contribution is 8.00. The third-order valence-corrected chi connectivity index (χ3v) is 3.20. The molecular formula is C13H12O2S. The highest BCUT2D eigenvalue weighted by Gasteiger charge is 2.05. The molecule has 0 saturated carbocycles. The molecule has 0 atom stereocenters. The van der Waals surface area contributed by atoms with Crippen molar-refractivity contribution in [3.63, 3.8) is 0 Å². The maximum absolute atomic E-state index is 11.6. The van der Waals surface area contributed by atoms with Gasteiger partial charge in [-0.25, -0.2) is 0 Å². The smallest absolute Gasteiger partial charge is 0.147 e. The van der Waals surface area contributed by atoms with Gasteiger partial charge in [0, 0.05) is 11.3 Å². The first kappa shape index (κ1) is 11.0. The zero-order chi connectivity index (χ0) is 11.2. The Bertz CT molecular complexity index is 434. The number of hydrogen-bond acceptors (Lipinski definition) is 3. The second-order valence-corrected chi connectivity index (χ2v) is 4.50. The summed E-state index contributed by atoms with van der Waals surface area (Å²) in [6, 6.07) is 11.8. The van der Waals surface area contributed by atoms with Crippen molar-refractivity contribution >= 4 is 17.5 Å². The maximum Gasteiger partial charge on any atom is 0.147 e. The van der Waals surface area contributed by atoms with Gasteiger partial charge in [0.15, 0.2) is 0 Å². The van der Waals surface area contributed by atoms with Crippen LogP contribution in [0.15, 0.2) is 58.2 Å². The highest BCUT2D eigenvalue weighted by Crippen LogP contribution is 2.17. The van der Waals surface area contributed by atoms with Crippen LogP contribution in [-0.4, -0.2) is 11.5 Å². The minimum Gasteiger partial charge on any atom is -0.472 e. The molecule has 0 amide bonds. The molecule has 3 heteroatoms. The lowest BCUT2D eigenvalue weighted by Gasteiger charge is -1.99. The van der Waals surface area contributed by atoms with Crippen LogP contribution in [0.25, 0.3) is 0 Å². The topological polar surface area (TPSA) is 30.2 Å². The number of thioether (sulfide) groups is 1. The summed E-state index contributed by atoms with van der Waals surface area (Å²) < 4.78 is 4.92. The van der Waals surface area contributed by atoms with Gasteiger partial charge in [-0.2, -0.15) is 0 Å². The molecule has 0 fully saturated rings. The highest BCUT2D eigenvalue weighted by atomic mass is 32.2. The lowest BCUT2D eigenvalue weighted by atomic mass is 10.2. The Hall–Kier alpha value is -1.48. The van der Waals surface area contributed by atoms with Gasteiger partial charge in [0.05, 0.1) is 18.3 Å². The molecule has 2 rings (SSSR count). The fourth-order valence-electron chi connectivity index (χ4n) is 1.35. The van der Waals surface area contributed by atoms with Crippen LogP contribution >= 0.6 is 11.8 Å². The van der Waals surface area contributed by atoms with Crippen LogP contribution in [0.1, 0.15) is 5.56 Å². The molecule has 2 nitrogen and oxygen atoms in total. The van der Waals surface area contributed by atoms with Gasteiger partial charge in [-0.15, -0.1) is 11.8 Å². The Labute approximate surface area is 98.7 Å². The molecule has 2 aromatic rings. The van der Waals surface area contributed by atoms with E-state index in [2.05, 4.69) is 0 Å². The average Bonchev–Trinajstić information content (AvgIpc) is 2.81. The fraction of sp³-hybridized carbons (Fsp3) is 0.154. The van der Waals surface area contributed by atoms with Crippen LogP contribution in [0.3, 0.4) is 0 Å². The van der Waals surface area contributed by atoms with Crippen molar-refractivity contribution in [2.24, 2.45) is 0 Å². The van der Waals surface area contributed by atoms with Crippen LogP contribution < -0.4 is 0 Å². The van der Waals surface area contributed by atoms with Crippen LogP contribution in [0.5, 0.6) is 0 Å². The largest absolute Gasteiger partial charge is 0.472 e. The van der Waals surface area contributed by atoms with E-state index in [1.165, 1.54) is 0 Å². The van der Waals surface area contributed by atoms with Gasteiger partial charge < -0.3 is 4.42 Å². The summed E-state index contributed by atoms with van der Waals surface area (Å²) in [4.78, 5) is 12.7. The summed E-state index contributed by atoms with van der Waals surface area (Å²) in [5.41, 5.74) is 0.943. The van der Waals surface area contributed by atoms with Crippen molar-refractivity contribution in [3.8, 4) is 0 Å². The maximum atomic E-state index is 11.6. The Morgan fingerprint density at radius 1 is 1.19 bits per heavy atom. The molecule has 1 aromatic carbocycles. The molecule has 0 saturated heterocycles. The lowest BCUT2D eigenvalue weighted by molar-refractivity contribution is -0.116. The number of rotatable bonds is 5. The molecule has 0 spiro atoms. The monoisotopic (exact) mass is 232 g/mol. The second-order valence-electron chi connectivity index (χ2n) is 3.45. The van der Waals surface area contributed by atoms with Crippen LogP contribution in [0.2, 0.25) is 0 Å². The summed E-state index contributed by atoms with van der Waals surface area (Å²) in [6.07, 6.45) is 3.66. The van der Waals surface area contributed by atoms with E-state index in [1.807, 2.05) is 36.4 Å². The third kappa shape index (κ3) is 3.28. The molecule has 16 heavy (non-hydrogen) atoms. The number of furan rings is 1. The number of Topliss-reactive ketones (excluding diaryl/α,β-unsaturated/α-hetero) is 1. The zero-order valence-corrected chi connectivity index (χ0v) is 9.57. The number of hydrogen-bond donors (Lipinski definition) is 0. The summed E-state index contributed by atoms with van der Waals surface area (Å²) in [6.45, 7) is 0. The number of benzene rings is 1. The zero-order valence-electron chi connectivity index (χ0n) is 8.76. The van der Waals surface area contributed by atoms with E-state index in [1.54, 1.807) is 24.3 Å². The standard InChI is InChI=1S/C13H12O2S/c14-12(8-11-6-7-15-9-11)10-16-13-4-2-1-3-5-13/h1-7,9H,8,10H2. The van der Waals surface area contributed by atoms with E-state index in [4.69, 9.17) is 4.42 Å². The molecule has 0 aliphatic rings. The predicted molar refractivity (Wildman–Crippen MR) is 64.6 cm³/mol. The SMILES string of the molecule is O=C(CSc1ccccc1)Cc1ccoc1. The molecular weight excluding hydrogens is 220 g/mol. The van der Waals surface area contributed by atoms with Gasteiger partial charge in [-0.3, -0.25) is 4.79 Å². The van der Waals surface area contributed by atoms with Crippen molar-refractivity contribution in [3.05, 3.63) is 54.5 Å². The summed E-state index contributed by atoms with van der Waals surface area (Å²) >= 11 is 1.57. The Kier molecular flexibility index (Phi) is 3.83. The number of ketones is 1. The normalized spacial score (nSPS) is 10.2. The summed E-state index contributed by atoms with van der Waals surface area (Å²) in [7, 11) is 0. The van der Waals surface area contributed by atoms with Gasteiger partial charge in [-0.1, -0.05) is 18.2 Å². The van der Waals surface area contributed by atoms with E-state index in [0.717, 1.165) is 10.5 Å². The van der Waals surface area contributed by atoms with Crippen molar-refractivity contribution in [2.45, 2.75) is 11.3 Å². The summed E-state index contributed by atoms with van der Waals surface area (Å²) in [5.74, 6) is 0.727. The quantitative estimate of drug-likeness (QED) is 0.742. The van der Waals surface area contributed by atoms with Gasteiger partial charge in [0.1, 0.15) is 5.78 Å². The third-order valence-electron chi connectivity index (χ3n) is 2.12. The van der Waals surface area contributed by atoms with Gasteiger partial charge in [0.25, 0.3) is 0 Å². The minimum absolute atomic E-state index is 0.218. The molecule has 0 aliphatic carbocycles. The first-order valence-corrected chi connectivity index (χ1v) is 6.04. The minimum atomic E-state index is 0.218. The van der Waals surface area contributed by atoms with E-state index >= 15 is 0 Å². The van der Waals surface area contributed by atoms with E-state index in [-0.39, 0.29) is 5.78 Å². The molecule has 1 aromatic heterocycles. The van der Waals surface area contributed by atoms with Gasteiger partial charge in [0.2, 0.25) is 0 Å². The molecule has 0 radical (unpaired) electrons. The average molecular weight is 232 g/mol. The van der Waals surface area contributed by atoms with Gasteiger partial charge in [-0.05, 0) is 23.8 Å². The van der Waals surface area contributed by atoms with E-state index < -0.39 is 0 Å². The Morgan fingerprint density at radius 3 is 2.69 bits per heavy atom. The lowest BCUT2D eigenvalue weighted by Crippen LogP contribution is -2.04. The molecule has 0 N–H and O–H groups in total. The Balaban J connectivity index is 1.80. The first-order chi connectivity index (χ1) is 7.84. The summed E-state index contributed by atoms with van der Waals surface area (Å²) in [5, 5.41) is 0. The van der Waals surface area contributed by atoms with Crippen LogP contribution in [0.4, 0.5) is 0 Å². The number of carbonyl (C=O) groups excluding carboxylic acids is 1. The molecule has 0 aliphatic heterocycles. The van der Waals surface area contributed by atoms with E-state index in [0.29, 0.717) is 12.2 Å². The van der Waals surface area contributed by atoms with Crippen molar-refractivity contribution < 1.29 is 9.21 Å². The molecule has 82 valence electrons.